The van der Waals surface area contributed by atoms with Gasteiger partial charge in [0.2, 0.25) is 0 Å². The predicted octanol–water partition coefficient (Wildman–Crippen LogP) is -0.202. The van der Waals surface area contributed by atoms with E-state index in [1.807, 2.05) is 12.1 Å². The minimum absolute atomic E-state index is 0.787. The Morgan fingerprint density at radius 2 is 1.83 bits per heavy atom. The van der Waals surface area contributed by atoms with Crippen molar-refractivity contribution in [1.82, 2.24) is 0 Å². The molecule has 1 aliphatic rings. The molecule has 0 bridgehead atoms. The Morgan fingerprint density at radius 3 is 2.44 bits per heavy atom. The second-order valence-corrected chi connectivity index (χ2v) is 5.52. The fourth-order valence-electron chi connectivity index (χ4n) is 2.55. The molecule has 0 saturated carbocycles. The van der Waals surface area contributed by atoms with Crippen LogP contribution in [-0.2, 0) is 0 Å². The standard InChI is InChI=1S/C14H21ClN2O/c1-11-9-13(15)10-12(2)14(11)18-8-7-17-5-3-16-4-6-17/h9-10,16H,3-8H2,1-2H3/p+2. The Hall–Kier alpha value is -0.770. The molecule has 1 saturated heterocycles. The Balaban J connectivity index is 1.86. The maximum atomic E-state index is 6.01. The van der Waals surface area contributed by atoms with Crippen LogP contribution in [0.3, 0.4) is 0 Å². The van der Waals surface area contributed by atoms with E-state index in [0.29, 0.717) is 0 Å². The second-order valence-electron chi connectivity index (χ2n) is 5.08. The van der Waals surface area contributed by atoms with Gasteiger partial charge in [0.15, 0.2) is 0 Å². The highest BCUT2D eigenvalue weighted by atomic mass is 35.5. The fraction of sp³-hybridized carbons (Fsp3) is 0.571. The molecule has 1 heterocycles. The molecule has 1 aliphatic heterocycles. The van der Waals surface area contributed by atoms with Crippen molar-refractivity contribution in [2.45, 2.75) is 13.8 Å². The molecule has 3 N–H and O–H groups in total. The second kappa shape index (κ2) is 6.41. The number of quaternary nitrogens is 2. The predicted molar refractivity (Wildman–Crippen MR) is 73.6 cm³/mol. The zero-order valence-corrected chi connectivity index (χ0v) is 12.0. The molecule has 3 nitrogen and oxygen atoms in total. The molecule has 0 unspecified atom stereocenters. The van der Waals surface area contributed by atoms with Gasteiger partial charge in [0.25, 0.3) is 0 Å². The van der Waals surface area contributed by atoms with Gasteiger partial charge in [-0.15, -0.1) is 0 Å². The molecule has 1 aromatic rings. The monoisotopic (exact) mass is 270 g/mol. The van der Waals surface area contributed by atoms with Crippen LogP contribution in [0.4, 0.5) is 0 Å². The Bertz CT molecular complexity index is 380. The average Bonchev–Trinajstić information content (AvgIpc) is 2.34. The molecule has 0 amide bonds. The van der Waals surface area contributed by atoms with E-state index in [1.165, 1.54) is 26.2 Å². The van der Waals surface area contributed by atoms with Crippen LogP contribution in [0.1, 0.15) is 11.1 Å². The Labute approximate surface area is 114 Å². The molecule has 100 valence electrons. The van der Waals surface area contributed by atoms with E-state index in [9.17, 15) is 0 Å². The van der Waals surface area contributed by atoms with Crippen molar-refractivity contribution in [1.29, 1.82) is 0 Å². The van der Waals surface area contributed by atoms with E-state index in [-0.39, 0.29) is 0 Å². The topological polar surface area (TPSA) is 30.3 Å². The van der Waals surface area contributed by atoms with Crippen molar-refractivity contribution >= 4 is 11.6 Å². The van der Waals surface area contributed by atoms with E-state index in [4.69, 9.17) is 16.3 Å². The Morgan fingerprint density at radius 1 is 1.22 bits per heavy atom. The lowest BCUT2D eigenvalue weighted by Crippen LogP contribution is -3.20. The summed E-state index contributed by atoms with van der Waals surface area (Å²) in [4.78, 5) is 1.65. The van der Waals surface area contributed by atoms with Crippen LogP contribution in [0.15, 0.2) is 12.1 Å². The number of piperazine rings is 1. The van der Waals surface area contributed by atoms with E-state index in [2.05, 4.69) is 19.2 Å². The van der Waals surface area contributed by atoms with Crippen molar-refractivity contribution < 1.29 is 15.0 Å². The van der Waals surface area contributed by atoms with Gasteiger partial charge in [0, 0.05) is 5.02 Å². The summed E-state index contributed by atoms with van der Waals surface area (Å²) < 4.78 is 5.94. The van der Waals surface area contributed by atoms with Gasteiger partial charge in [-0.1, -0.05) is 11.6 Å². The largest absolute Gasteiger partial charge is 0.487 e. The molecule has 1 fully saturated rings. The van der Waals surface area contributed by atoms with E-state index in [0.717, 1.165) is 35.1 Å². The van der Waals surface area contributed by atoms with Gasteiger partial charge >= 0.3 is 0 Å². The summed E-state index contributed by atoms with van der Waals surface area (Å²) in [5, 5.41) is 3.17. The van der Waals surface area contributed by atoms with Crippen LogP contribution in [0.25, 0.3) is 0 Å². The van der Waals surface area contributed by atoms with Gasteiger partial charge in [0.1, 0.15) is 45.1 Å². The van der Waals surface area contributed by atoms with Gasteiger partial charge in [-0.05, 0) is 37.1 Å². The summed E-state index contributed by atoms with van der Waals surface area (Å²) in [6, 6.07) is 3.93. The third kappa shape index (κ3) is 3.61. The van der Waals surface area contributed by atoms with Gasteiger partial charge in [-0.2, -0.15) is 0 Å². The smallest absolute Gasteiger partial charge is 0.137 e. The molecule has 0 spiro atoms. The zero-order chi connectivity index (χ0) is 13.0. The lowest BCUT2D eigenvalue weighted by Gasteiger charge is -2.22. The van der Waals surface area contributed by atoms with Crippen LogP contribution >= 0.6 is 11.6 Å². The molecule has 0 aromatic heterocycles. The van der Waals surface area contributed by atoms with Crippen LogP contribution in [0, 0.1) is 13.8 Å². The van der Waals surface area contributed by atoms with Crippen LogP contribution in [-0.4, -0.2) is 39.3 Å². The van der Waals surface area contributed by atoms with Crippen molar-refractivity contribution in [3.63, 3.8) is 0 Å². The lowest BCUT2D eigenvalue weighted by atomic mass is 10.1. The maximum Gasteiger partial charge on any atom is 0.137 e. The number of hydrogen-bond acceptors (Lipinski definition) is 1. The van der Waals surface area contributed by atoms with Crippen LogP contribution in [0.2, 0.25) is 5.02 Å². The highest BCUT2D eigenvalue weighted by Crippen LogP contribution is 2.26. The van der Waals surface area contributed by atoms with Crippen molar-refractivity contribution in [2.75, 3.05) is 39.3 Å². The molecule has 0 atom stereocenters. The van der Waals surface area contributed by atoms with E-state index in [1.54, 1.807) is 4.90 Å². The number of halogens is 1. The summed E-state index contributed by atoms with van der Waals surface area (Å²) in [5.74, 6) is 1.00. The number of benzene rings is 1. The Kier molecular flexibility index (Phi) is 4.87. The number of nitrogens with one attached hydrogen (secondary N) is 1. The van der Waals surface area contributed by atoms with Crippen molar-refractivity contribution in [3.8, 4) is 5.75 Å². The van der Waals surface area contributed by atoms with E-state index < -0.39 is 0 Å². The molecule has 18 heavy (non-hydrogen) atoms. The first-order valence-corrected chi connectivity index (χ1v) is 7.09. The number of hydrogen-bond donors (Lipinski definition) is 2. The van der Waals surface area contributed by atoms with Gasteiger partial charge in [-0.3, -0.25) is 0 Å². The third-order valence-electron chi connectivity index (χ3n) is 3.53. The summed E-state index contributed by atoms with van der Waals surface area (Å²) in [6.45, 7) is 11.0. The summed E-state index contributed by atoms with van der Waals surface area (Å²) in [7, 11) is 0. The molecular weight excluding hydrogens is 248 g/mol. The van der Waals surface area contributed by atoms with Gasteiger partial charge in [0.05, 0.1) is 0 Å². The molecule has 0 aliphatic carbocycles. The number of aryl methyl sites for hydroxylation is 2. The third-order valence-corrected chi connectivity index (χ3v) is 3.75. The van der Waals surface area contributed by atoms with Crippen LogP contribution < -0.4 is 15.0 Å². The number of rotatable bonds is 4. The zero-order valence-electron chi connectivity index (χ0n) is 11.3. The van der Waals surface area contributed by atoms with Crippen LogP contribution in [0.5, 0.6) is 5.75 Å². The SMILES string of the molecule is Cc1cc(Cl)cc(C)c1OCC[NH+]1CC[NH2+]CC1. The number of ether oxygens (including phenoxy) is 1. The minimum Gasteiger partial charge on any atom is -0.487 e. The fourth-order valence-corrected chi connectivity index (χ4v) is 2.88. The molecule has 2 rings (SSSR count). The molecule has 4 heteroatoms. The quantitative estimate of drug-likeness (QED) is 0.780. The highest BCUT2D eigenvalue weighted by molar-refractivity contribution is 6.30. The first kappa shape index (κ1) is 13.7. The molecule has 0 radical (unpaired) electrons. The highest BCUT2D eigenvalue weighted by Gasteiger charge is 2.15. The summed E-state index contributed by atoms with van der Waals surface area (Å²) in [5.41, 5.74) is 2.25. The van der Waals surface area contributed by atoms with Crippen molar-refractivity contribution in [3.05, 3.63) is 28.3 Å². The van der Waals surface area contributed by atoms with Gasteiger partial charge < -0.3 is 15.0 Å². The molecular formula is C14H23ClN2O+2. The number of nitrogens with two attached hydrogens (primary N) is 1. The summed E-state index contributed by atoms with van der Waals surface area (Å²) >= 11 is 6.01. The molecule has 1 aromatic carbocycles. The summed E-state index contributed by atoms with van der Waals surface area (Å²) in [6.07, 6.45) is 0. The first-order chi connectivity index (χ1) is 8.66. The maximum absolute atomic E-state index is 6.01. The first-order valence-electron chi connectivity index (χ1n) is 6.71. The van der Waals surface area contributed by atoms with Gasteiger partial charge in [-0.25, -0.2) is 0 Å². The minimum atomic E-state index is 0.787. The van der Waals surface area contributed by atoms with E-state index >= 15 is 0 Å². The average molecular weight is 271 g/mol. The lowest BCUT2D eigenvalue weighted by molar-refractivity contribution is -0.946. The normalized spacial score (nSPS) is 16.8. The van der Waals surface area contributed by atoms with Crippen molar-refractivity contribution in [2.24, 2.45) is 0 Å².